The van der Waals surface area contributed by atoms with E-state index >= 15 is 0 Å². The summed E-state index contributed by atoms with van der Waals surface area (Å²) < 4.78 is 1.90. The van der Waals surface area contributed by atoms with E-state index in [1.54, 1.807) is 6.92 Å². The highest BCUT2D eigenvalue weighted by Gasteiger charge is 2.17. The van der Waals surface area contributed by atoms with Gasteiger partial charge in [0.05, 0.1) is 6.42 Å². The fourth-order valence-corrected chi connectivity index (χ4v) is 1.52. The van der Waals surface area contributed by atoms with Gasteiger partial charge in [0, 0.05) is 12.1 Å². The molecule has 1 amide bonds. The molecule has 1 aromatic rings. The van der Waals surface area contributed by atoms with Crippen LogP contribution in [0.2, 0.25) is 0 Å². The van der Waals surface area contributed by atoms with E-state index in [9.17, 15) is 9.59 Å². The Bertz CT molecular complexity index is 415. The largest absolute Gasteiger partial charge is 0.480 e. The molecule has 0 aliphatic carbocycles. The van der Waals surface area contributed by atoms with Crippen molar-refractivity contribution in [1.29, 1.82) is 0 Å². The number of aromatic nitrogens is 1. The van der Waals surface area contributed by atoms with E-state index in [2.05, 4.69) is 5.32 Å². The quantitative estimate of drug-likeness (QED) is 0.729. The summed E-state index contributed by atoms with van der Waals surface area (Å²) in [6.07, 6.45) is 4.46. The predicted molar refractivity (Wildman–Crippen MR) is 65.8 cm³/mol. The molecule has 0 radical (unpaired) electrons. The van der Waals surface area contributed by atoms with Crippen molar-refractivity contribution in [2.75, 3.05) is 0 Å². The van der Waals surface area contributed by atoms with E-state index in [-0.39, 0.29) is 12.3 Å². The van der Waals surface area contributed by atoms with Crippen LogP contribution in [0.1, 0.15) is 25.3 Å². The second kappa shape index (κ2) is 6.74. The summed E-state index contributed by atoms with van der Waals surface area (Å²) in [5, 5.41) is 11.3. The molecular weight excluding hydrogens is 232 g/mol. The van der Waals surface area contributed by atoms with Crippen molar-refractivity contribution in [3.05, 3.63) is 30.1 Å². The fourth-order valence-electron chi connectivity index (χ4n) is 1.52. The Labute approximate surface area is 106 Å². The number of carbonyl (C=O) groups is 2. The minimum Gasteiger partial charge on any atom is -0.480 e. The van der Waals surface area contributed by atoms with Crippen molar-refractivity contribution in [3.63, 3.8) is 0 Å². The Kier molecular flexibility index (Phi) is 5.30. The third-order valence-electron chi connectivity index (χ3n) is 2.70. The van der Waals surface area contributed by atoms with Gasteiger partial charge in [-0.1, -0.05) is 6.92 Å². The van der Waals surface area contributed by atoms with Crippen LogP contribution in [0.3, 0.4) is 0 Å². The molecule has 0 saturated carbocycles. The number of aliphatic carboxylic acids is 1. The number of nitrogens with zero attached hydrogens (tertiary/aromatic N) is 1. The summed E-state index contributed by atoms with van der Waals surface area (Å²) in [7, 11) is 0. The zero-order valence-electron chi connectivity index (χ0n) is 10.7. The highest BCUT2D eigenvalue weighted by molar-refractivity contribution is 5.83. The number of hydrogen-bond acceptors (Lipinski definition) is 2. The molecule has 0 bridgehead atoms. The van der Waals surface area contributed by atoms with Crippen molar-refractivity contribution in [3.8, 4) is 0 Å². The van der Waals surface area contributed by atoms with Gasteiger partial charge in [-0.15, -0.1) is 0 Å². The molecule has 0 aliphatic heterocycles. The number of pyridine rings is 1. The van der Waals surface area contributed by atoms with Gasteiger partial charge in [-0.05, 0) is 18.9 Å². The first-order chi connectivity index (χ1) is 8.52. The summed E-state index contributed by atoms with van der Waals surface area (Å²) in [5.41, 5.74) is 1.16. The minimum absolute atomic E-state index is 0.239. The molecule has 0 aliphatic rings. The third-order valence-corrected chi connectivity index (χ3v) is 2.70. The number of amides is 1. The standard InChI is InChI=1S/C13H18N2O3/c1-3-11(13(17)18)14-12(16)6-9-15-7-4-10(2)5-8-15/h4-5,7-8,11H,3,6,9H2,1-2H3,(H-,14,16,17,18)/p+1. The van der Waals surface area contributed by atoms with E-state index in [1.807, 2.05) is 36.0 Å². The smallest absolute Gasteiger partial charge is 0.326 e. The molecule has 5 nitrogen and oxygen atoms in total. The molecule has 1 aromatic heterocycles. The SMILES string of the molecule is CCC(NC(=O)CC[n+]1ccc(C)cc1)C(=O)O. The molecule has 0 aromatic carbocycles. The van der Waals surface area contributed by atoms with Crippen LogP contribution in [0.25, 0.3) is 0 Å². The predicted octanol–water partition coefficient (Wildman–Crippen LogP) is 0.652. The number of hydrogen-bond donors (Lipinski definition) is 2. The van der Waals surface area contributed by atoms with Gasteiger partial charge in [-0.3, -0.25) is 4.79 Å². The molecule has 0 spiro atoms. The minimum atomic E-state index is -0.992. The van der Waals surface area contributed by atoms with E-state index in [1.165, 1.54) is 0 Å². The van der Waals surface area contributed by atoms with Crippen molar-refractivity contribution in [2.45, 2.75) is 39.3 Å². The fraction of sp³-hybridized carbons (Fsp3) is 0.462. The molecule has 98 valence electrons. The number of nitrogens with one attached hydrogen (secondary N) is 1. The molecule has 0 saturated heterocycles. The maximum atomic E-state index is 11.6. The van der Waals surface area contributed by atoms with Crippen LogP contribution in [0.5, 0.6) is 0 Å². The lowest BCUT2D eigenvalue weighted by Gasteiger charge is -2.11. The van der Waals surface area contributed by atoms with Crippen LogP contribution in [0, 0.1) is 6.92 Å². The van der Waals surface area contributed by atoms with E-state index < -0.39 is 12.0 Å². The summed E-state index contributed by atoms with van der Waals surface area (Å²) in [5.74, 6) is -1.23. The van der Waals surface area contributed by atoms with Crippen molar-refractivity contribution >= 4 is 11.9 Å². The van der Waals surface area contributed by atoms with Gasteiger partial charge in [0.25, 0.3) is 0 Å². The summed E-state index contributed by atoms with van der Waals surface area (Å²) in [6.45, 7) is 4.27. The maximum Gasteiger partial charge on any atom is 0.326 e. The number of aryl methyl sites for hydroxylation is 2. The highest BCUT2D eigenvalue weighted by Crippen LogP contribution is 1.93. The van der Waals surface area contributed by atoms with Crippen LogP contribution in [-0.2, 0) is 16.1 Å². The first kappa shape index (κ1) is 14.2. The maximum absolute atomic E-state index is 11.6. The summed E-state index contributed by atoms with van der Waals surface area (Å²) >= 11 is 0. The second-order valence-corrected chi connectivity index (χ2v) is 4.23. The average molecular weight is 251 g/mol. The van der Waals surface area contributed by atoms with Crippen LogP contribution < -0.4 is 9.88 Å². The topological polar surface area (TPSA) is 70.3 Å². The van der Waals surface area contributed by atoms with E-state index in [4.69, 9.17) is 5.11 Å². The molecule has 0 fully saturated rings. The number of rotatable bonds is 6. The molecule has 2 N–H and O–H groups in total. The van der Waals surface area contributed by atoms with Gasteiger partial charge in [0.1, 0.15) is 6.04 Å². The van der Waals surface area contributed by atoms with E-state index in [0.717, 1.165) is 5.56 Å². The van der Waals surface area contributed by atoms with Gasteiger partial charge in [0.15, 0.2) is 18.9 Å². The first-order valence-corrected chi connectivity index (χ1v) is 6.00. The van der Waals surface area contributed by atoms with Crippen LogP contribution in [0.15, 0.2) is 24.5 Å². The Morgan fingerprint density at radius 2 is 2.00 bits per heavy atom. The molecule has 5 heteroatoms. The molecule has 1 heterocycles. The zero-order chi connectivity index (χ0) is 13.5. The molecule has 1 rings (SSSR count). The summed E-state index contributed by atoms with van der Waals surface area (Å²) in [4.78, 5) is 22.3. The Morgan fingerprint density at radius 3 is 2.50 bits per heavy atom. The van der Waals surface area contributed by atoms with E-state index in [0.29, 0.717) is 13.0 Å². The van der Waals surface area contributed by atoms with Crippen molar-refractivity contribution in [2.24, 2.45) is 0 Å². The van der Waals surface area contributed by atoms with Crippen molar-refractivity contribution < 1.29 is 19.3 Å². The average Bonchev–Trinajstić information content (AvgIpc) is 2.35. The van der Waals surface area contributed by atoms with Crippen LogP contribution in [-0.4, -0.2) is 23.0 Å². The Hall–Kier alpha value is -1.91. The highest BCUT2D eigenvalue weighted by atomic mass is 16.4. The Morgan fingerprint density at radius 1 is 1.39 bits per heavy atom. The van der Waals surface area contributed by atoms with Gasteiger partial charge >= 0.3 is 5.97 Å². The first-order valence-electron chi connectivity index (χ1n) is 6.00. The normalized spacial score (nSPS) is 11.9. The number of carboxylic acids is 1. The molecule has 1 atom stereocenters. The second-order valence-electron chi connectivity index (χ2n) is 4.23. The van der Waals surface area contributed by atoms with Gasteiger partial charge in [-0.2, -0.15) is 0 Å². The van der Waals surface area contributed by atoms with Gasteiger partial charge in [-0.25, -0.2) is 9.36 Å². The lowest BCUT2D eigenvalue weighted by atomic mass is 10.2. The number of carbonyl (C=O) groups excluding carboxylic acids is 1. The Balaban J connectivity index is 2.41. The molecule has 1 unspecified atom stereocenters. The monoisotopic (exact) mass is 251 g/mol. The van der Waals surface area contributed by atoms with Crippen LogP contribution in [0.4, 0.5) is 0 Å². The molecular formula is C13H19N2O3+. The zero-order valence-corrected chi connectivity index (χ0v) is 10.7. The molecule has 18 heavy (non-hydrogen) atoms. The van der Waals surface area contributed by atoms with Crippen molar-refractivity contribution in [1.82, 2.24) is 5.32 Å². The van der Waals surface area contributed by atoms with Gasteiger partial charge in [0.2, 0.25) is 5.91 Å². The lowest BCUT2D eigenvalue weighted by Crippen LogP contribution is -2.42. The lowest BCUT2D eigenvalue weighted by molar-refractivity contribution is -0.695. The van der Waals surface area contributed by atoms with Gasteiger partial charge < -0.3 is 10.4 Å². The summed E-state index contributed by atoms with van der Waals surface area (Å²) in [6, 6.07) is 3.13. The van der Waals surface area contributed by atoms with Crippen LogP contribution >= 0.6 is 0 Å². The number of carboxylic acid groups (broad SMARTS) is 1. The third kappa shape index (κ3) is 4.53.